The maximum atomic E-state index is 12.9. The van der Waals surface area contributed by atoms with E-state index in [1.165, 1.54) is 0 Å². The zero-order chi connectivity index (χ0) is 22.7. The fourth-order valence-corrected chi connectivity index (χ4v) is 4.42. The molecule has 3 atom stereocenters. The zero-order valence-corrected chi connectivity index (χ0v) is 17.6. The summed E-state index contributed by atoms with van der Waals surface area (Å²) in [6.45, 7) is 2.43. The van der Waals surface area contributed by atoms with E-state index in [2.05, 4.69) is 4.90 Å². The summed E-state index contributed by atoms with van der Waals surface area (Å²) in [6, 6.07) is 12.2. The van der Waals surface area contributed by atoms with Crippen molar-refractivity contribution in [2.75, 3.05) is 31.3 Å². The van der Waals surface area contributed by atoms with Gasteiger partial charge in [0, 0.05) is 24.8 Å². The molecule has 2 heterocycles. The molecule has 32 heavy (non-hydrogen) atoms. The Morgan fingerprint density at radius 3 is 2.38 bits per heavy atom. The van der Waals surface area contributed by atoms with Crippen molar-refractivity contribution < 1.29 is 32.5 Å². The monoisotopic (exact) mass is 449 g/mol. The second kappa shape index (κ2) is 9.50. The van der Waals surface area contributed by atoms with E-state index in [1.807, 2.05) is 0 Å². The first-order valence-corrected chi connectivity index (χ1v) is 10.8. The van der Waals surface area contributed by atoms with Crippen LogP contribution >= 0.6 is 0 Å². The number of hydrogen-bond acceptors (Lipinski definition) is 4. The Morgan fingerprint density at radius 2 is 1.78 bits per heavy atom. The maximum absolute atomic E-state index is 12.9. The highest BCUT2D eigenvalue weighted by Gasteiger charge is 2.33. The largest absolute Gasteiger partial charge is 0.478 e. The number of piperidine rings is 1. The van der Waals surface area contributed by atoms with Crippen LogP contribution in [-0.2, 0) is 15.7 Å². The summed E-state index contributed by atoms with van der Waals surface area (Å²) in [5.74, 6) is -0.915. The van der Waals surface area contributed by atoms with Gasteiger partial charge in [0.15, 0.2) is 0 Å². The smallest absolute Gasteiger partial charge is 0.416 e. The number of ether oxygens (including phenoxy) is 2. The van der Waals surface area contributed by atoms with Crippen molar-refractivity contribution in [2.24, 2.45) is 0 Å². The molecule has 2 aromatic rings. The molecule has 2 aliphatic heterocycles. The minimum Gasteiger partial charge on any atom is -0.478 e. The van der Waals surface area contributed by atoms with Crippen molar-refractivity contribution >= 4 is 11.7 Å². The van der Waals surface area contributed by atoms with Crippen LogP contribution in [0.4, 0.5) is 18.9 Å². The van der Waals surface area contributed by atoms with Gasteiger partial charge in [-0.15, -0.1) is 0 Å². The Bertz CT molecular complexity index is 908. The first-order valence-electron chi connectivity index (χ1n) is 10.8. The predicted octanol–water partition coefficient (Wildman–Crippen LogP) is 4.96. The average molecular weight is 449 g/mol. The van der Waals surface area contributed by atoms with E-state index in [1.54, 1.807) is 36.4 Å². The zero-order valence-electron chi connectivity index (χ0n) is 17.6. The molecular formula is C24H26F3NO4. The molecule has 2 aromatic carbocycles. The molecule has 2 saturated heterocycles. The van der Waals surface area contributed by atoms with Gasteiger partial charge in [0.1, 0.15) is 0 Å². The van der Waals surface area contributed by atoms with Crippen molar-refractivity contribution in [1.29, 1.82) is 0 Å². The highest BCUT2D eigenvalue weighted by atomic mass is 19.4. The second-order valence-electron chi connectivity index (χ2n) is 8.37. The number of nitrogens with zero attached hydrogens (tertiary/aromatic N) is 1. The van der Waals surface area contributed by atoms with E-state index >= 15 is 0 Å². The Kier molecular flexibility index (Phi) is 6.71. The van der Waals surface area contributed by atoms with Gasteiger partial charge >= 0.3 is 12.1 Å². The van der Waals surface area contributed by atoms with E-state index in [0.29, 0.717) is 26.4 Å². The third-order valence-electron chi connectivity index (χ3n) is 6.27. The van der Waals surface area contributed by atoms with Gasteiger partial charge in [0.25, 0.3) is 0 Å². The Hall–Kier alpha value is -2.58. The lowest BCUT2D eigenvalue weighted by Gasteiger charge is -2.42. The number of carboxylic acid groups (broad SMARTS) is 1. The summed E-state index contributed by atoms with van der Waals surface area (Å²) < 4.78 is 50.2. The molecule has 2 unspecified atom stereocenters. The highest BCUT2D eigenvalue weighted by molar-refractivity contribution is 5.88. The van der Waals surface area contributed by atoms with Crippen LogP contribution in [-0.4, -0.2) is 49.6 Å². The van der Waals surface area contributed by atoms with Gasteiger partial charge in [-0.05, 0) is 61.2 Å². The summed E-state index contributed by atoms with van der Waals surface area (Å²) >= 11 is 0. The van der Waals surface area contributed by atoms with Crippen LogP contribution in [0.1, 0.15) is 46.7 Å². The Labute approximate surface area is 184 Å². The van der Waals surface area contributed by atoms with Gasteiger partial charge in [-0.1, -0.05) is 12.1 Å². The second-order valence-corrected chi connectivity index (χ2v) is 8.37. The van der Waals surface area contributed by atoms with E-state index in [0.717, 1.165) is 42.6 Å². The van der Waals surface area contributed by atoms with Gasteiger partial charge in [-0.25, -0.2) is 4.79 Å². The lowest BCUT2D eigenvalue weighted by molar-refractivity contribution is -0.137. The van der Waals surface area contributed by atoms with Crippen LogP contribution in [0.5, 0.6) is 0 Å². The first kappa shape index (κ1) is 22.6. The normalized spacial score (nSPS) is 24.0. The van der Waals surface area contributed by atoms with Crippen LogP contribution in [0, 0.1) is 0 Å². The number of hydrogen-bond donors (Lipinski definition) is 1. The summed E-state index contributed by atoms with van der Waals surface area (Å²) in [6.07, 6.45) is -1.74. The molecule has 0 aromatic heterocycles. The van der Waals surface area contributed by atoms with Crippen molar-refractivity contribution in [3.63, 3.8) is 0 Å². The standard InChI is InChI=1S/C24H26F3NO4/c25-24(26,27)19-6-1-16(2-7-19)18-5-10-21(14-32-22-11-12-31-15-22)28(13-18)20-8-3-17(4-9-20)23(29)30/h1-4,6-9,18,21-22H,5,10-15H2,(H,29,30)/t18?,21-,22?/m0/s1. The van der Waals surface area contributed by atoms with Gasteiger partial charge in [-0.2, -0.15) is 13.2 Å². The SMILES string of the molecule is O=C(O)c1ccc(N2CC(c3ccc(C(F)(F)F)cc3)CC[C@H]2COC2CCOC2)cc1. The minimum atomic E-state index is -4.35. The van der Waals surface area contributed by atoms with Crippen LogP contribution in [0.15, 0.2) is 48.5 Å². The predicted molar refractivity (Wildman–Crippen MR) is 113 cm³/mol. The van der Waals surface area contributed by atoms with Crippen molar-refractivity contribution in [3.05, 3.63) is 65.2 Å². The molecule has 4 rings (SSSR count). The van der Waals surface area contributed by atoms with Crippen molar-refractivity contribution in [3.8, 4) is 0 Å². The quantitative estimate of drug-likeness (QED) is 0.676. The number of rotatable bonds is 6. The van der Waals surface area contributed by atoms with Crippen LogP contribution in [0.3, 0.4) is 0 Å². The molecule has 0 radical (unpaired) electrons. The molecule has 2 fully saturated rings. The van der Waals surface area contributed by atoms with E-state index < -0.39 is 17.7 Å². The molecule has 2 aliphatic rings. The lowest BCUT2D eigenvalue weighted by Crippen LogP contribution is -2.46. The first-order chi connectivity index (χ1) is 15.3. The number of halogens is 3. The minimum absolute atomic E-state index is 0.0718. The highest BCUT2D eigenvalue weighted by Crippen LogP contribution is 2.36. The molecule has 1 N–H and O–H groups in total. The fourth-order valence-electron chi connectivity index (χ4n) is 4.42. The van der Waals surface area contributed by atoms with Gasteiger partial charge in [0.2, 0.25) is 0 Å². The van der Waals surface area contributed by atoms with Gasteiger partial charge in [0.05, 0.1) is 36.5 Å². The van der Waals surface area contributed by atoms with Crippen LogP contribution in [0.2, 0.25) is 0 Å². The molecule has 172 valence electrons. The van der Waals surface area contributed by atoms with Crippen molar-refractivity contribution in [2.45, 2.75) is 43.5 Å². The van der Waals surface area contributed by atoms with Gasteiger partial charge in [-0.3, -0.25) is 0 Å². The third-order valence-corrected chi connectivity index (χ3v) is 6.27. The number of aromatic carboxylic acids is 1. The summed E-state index contributed by atoms with van der Waals surface area (Å²) in [5.41, 5.74) is 1.31. The summed E-state index contributed by atoms with van der Waals surface area (Å²) in [7, 11) is 0. The number of benzene rings is 2. The molecule has 5 nitrogen and oxygen atoms in total. The third kappa shape index (κ3) is 5.24. The van der Waals surface area contributed by atoms with Crippen LogP contribution < -0.4 is 4.90 Å². The molecule has 0 bridgehead atoms. The topological polar surface area (TPSA) is 59.0 Å². The Balaban J connectivity index is 1.52. The Morgan fingerprint density at radius 1 is 1.06 bits per heavy atom. The lowest BCUT2D eigenvalue weighted by atomic mass is 9.86. The molecule has 0 amide bonds. The molecule has 0 spiro atoms. The van der Waals surface area contributed by atoms with E-state index in [4.69, 9.17) is 9.47 Å². The molecular weight excluding hydrogens is 423 g/mol. The average Bonchev–Trinajstić information content (AvgIpc) is 3.31. The van der Waals surface area contributed by atoms with Crippen LogP contribution in [0.25, 0.3) is 0 Å². The number of carboxylic acids is 1. The molecule has 8 heteroatoms. The van der Waals surface area contributed by atoms with E-state index in [9.17, 15) is 23.1 Å². The fraction of sp³-hybridized carbons (Fsp3) is 0.458. The summed E-state index contributed by atoms with van der Waals surface area (Å²) in [5, 5.41) is 9.19. The number of anilines is 1. The molecule has 0 aliphatic carbocycles. The number of carbonyl (C=O) groups is 1. The number of alkyl halides is 3. The summed E-state index contributed by atoms with van der Waals surface area (Å²) in [4.78, 5) is 13.4. The molecule has 0 saturated carbocycles. The van der Waals surface area contributed by atoms with Crippen molar-refractivity contribution in [1.82, 2.24) is 0 Å². The van der Waals surface area contributed by atoms with Gasteiger partial charge < -0.3 is 19.5 Å². The van der Waals surface area contributed by atoms with E-state index in [-0.39, 0.29) is 23.6 Å². The maximum Gasteiger partial charge on any atom is 0.416 e.